The molecule has 6 aromatic rings. The van der Waals surface area contributed by atoms with Crippen molar-refractivity contribution >= 4 is 69.7 Å². The summed E-state index contributed by atoms with van der Waals surface area (Å²) in [6.07, 6.45) is 16.4. The highest BCUT2D eigenvalue weighted by molar-refractivity contribution is 6.39. The molecular weight excluding hydrogens is 1230 g/mol. The van der Waals surface area contributed by atoms with Gasteiger partial charge in [0.1, 0.15) is 29.3 Å². The van der Waals surface area contributed by atoms with Crippen molar-refractivity contribution in [3.05, 3.63) is 249 Å². The lowest BCUT2D eigenvalue weighted by molar-refractivity contribution is -0.440. The summed E-state index contributed by atoms with van der Waals surface area (Å²) in [6.45, 7) is 22.7. The van der Waals surface area contributed by atoms with Crippen LogP contribution < -0.4 is 31.3 Å². The van der Waals surface area contributed by atoms with Crippen molar-refractivity contribution in [3.63, 3.8) is 0 Å². The van der Waals surface area contributed by atoms with Crippen LogP contribution in [0.5, 0.6) is 0 Å². The molecule has 0 unspecified atom stereocenters. The van der Waals surface area contributed by atoms with Crippen LogP contribution in [0.3, 0.4) is 0 Å². The van der Waals surface area contributed by atoms with Crippen LogP contribution in [-0.2, 0) is 36.9 Å². The van der Waals surface area contributed by atoms with E-state index < -0.39 is 0 Å². The highest BCUT2D eigenvalue weighted by atomic mass is 16.5. The molecule has 98 heavy (non-hydrogen) atoms. The van der Waals surface area contributed by atoms with E-state index in [4.69, 9.17) is 9.47 Å². The van der Waals surface area contributed by atoms with Crippen molar-refractivity contribution in [1.82, 2.24) is 31.2 Å². The summed E-state index contributed by atoms with van der Waals surface area (Å²) in [7, 11) is 0. The molecule has 4 N–H and O–H groups in total. The summed E-state index contributed by atoms with van der Waals surface area (Å²) in [5.41, 5.74) is 13.7. The van der Waals surface area contributed by atoms with Gasteiger partial charge in [-0.3, -0.25) is 24.0 Å². The first-order chi connectivity index (χ1) is 47.2. The van der Waals surface area contributed by atoms with Gasteiger partial charge in [0.2, 0.25) is 11.4 Å². The lowest BCUT2D eigenvalue weighted by Gasteiger charge is -2.32. The van der Waals surface area contributed by atoms with Crippen LogP contribution in [-0.4, -0.2) is 101 Å². The maximum absolute atomic E-state index is 13.6. The fourth-order valence-corrected chi connectivity index (χ4v) is 12.2. The van der Waals surface area contributed by atoms with Gasteiger partial charge in [-0.25, -0.2) is 19.6 Å². The van der Waals surface area contributed by atoms with Gasteiger partial charge in [0, 0.05) is 96.6 Å². The summed E-state index contributed by atoms with van der Waals surface area (Å²) in [5.74, 6) is -1.89. The average Bonchev–Trinajstić information content (AvgIpc) is 0.746. The highest BCUT2D eigenvalue weighted by Gasteiger charge is 2.32. The summed E-state index contributed by atoms with van der Waals surface area (Å²) in [5, 5.41) is 25.2. The molecule has 2 aromatic heterocycles. The second-order valence-corrected chi connectivity index (χ2v) is 25.6. The van der Waals surface area contributed by atoms with E-state index in [0.29, 0.717) is 60.4 Å². The number of anilines is 2. The van der Waals surface area contributed by atoms with Crippen LogP contribution in [0, 0.1) is 39.5 Å². The Balaban J connectivity index is 0.000000245. The predicted octanol–water partition coefficient (Wildman–Crippen LogP) is 12.1. The monoisotopic (exact) mass is 1320 g/mol. The number of aromatic nitrogens is 2. The summed E-state index contributed by atoms with van der Waals surface area (Å²) in [4.78, 5) is 98.8. The summed E-state index contributed by atoms with van der Waals surface area (Å²) >= 11 is 0. The molecule has 18 nitrogen and oxygen atoms in total. The number of aryl methyl sites for hydroxylation is 4. The molecule has 4 aromatic carbocycles. The number of allylic oxidation sites excluding steroid dienone is 7. The second-order valence-electron chi connectivity index (χ2n) is 25.6. The zero-order valence-electron chi connectivity index (χ0n) is 57.0. The molecule has 4 amide bonds. The lowest BCUT2D eigenvalue weighted by Crippen LogP contribution is -2.35. The standard InChI is InChI=1S/C50H56N2O6.C30H32N6O4/c1-33(2)49(55)57-29-13-9-11-27-51(43-25-15-35(5)31-37(43)7)41-21-17-39(18-22-41)45-47(53)46(48(45)54)40-19-23-42(24-20-40)52(44-26-16-36(6)32-38(44)8)28-12-10-14-30-58-50(56)34(3)4;37-27-23-3-1-4-24(35-23)28(38)32-16-20-9-13-22(14-10-20)18-34-30(40)26-6-2-5-25(36-26)29(39)33-17-21-11-7-19(8-12-21)15-31-27/h15-26,31-32H,1,3,9-14,27-30H2,2,4-8H3;1-8,11-12,20,22H,9-10,13-18H2,(H,31,37)(H,32,38)(H,33,39)(H,34,40). The topological polar surface area (TPSA) is 241 Å². The van der Waals surface area contributed by atoms with Crippen molar-refractivity contribution < 1.29 is 52.7 Å². The maximum Gasteiger partial charge on any atom is 0.333 e. The average molecular weight is 1320 g/mol. The van der Waals surface area contributed by atoms with Gasteiger partial charge in [0.05, 0.1) is 13.2 Å². The first-order valence-electron chi connectivity index (χ1n) is 33.7. The number of ether oxygens (including phenoxy) is 2. The van der Waals surface area contributed by atoms with Crippen LogP contribution in [0.2, 0.25) is 0 Å². The largest absolute Gasteiger partial charge is 0.871 e. The van der Waals surface area contributed by atoms with Crippen molar-refractivity contribution in [2.24, 2.45) is 11.8 Å². The first-order valence-corrected chi connectivity index (χ1v) is 33.7. The molecule has 0 spiro atoms. The third kappa shape index (κ3) is 19.3. The van der Waals surface area contributed by atoms with E-state index >= 15 is 0 Å². The SMILES string of the molecule is C=C(C)C(=O)OCCCCCN(c1ccc(C2=C([O-])C(=C3C=CC(=[N+](CCCCCOC(=O)C(=C)C)c4ccc(C)cc4C)C=C3)C2=O)cc1)c1ccc(C)cc1C.O=C1NCc2ccc(cc2)CNC(=O)c2cccc(n2)C(=O)NCC2CCC(CC2)CNC(=O)c2cccc1n2. The molecule has 6 heterocycles. The number of nitrogens with one attached hydrogen (secondary N) is 4. The Hall–Kier alpha value is -10.6. The van der Waals surface area contributed by atoms with Gasteiger partial charge < -0.3 is 40.7 Å². The van der Waals surface area contributed by atoms with Crippen molar-refractivity contribution in [2.45, 2.75) is 119 Å². The van der Waals surface area contributed by atoms with E-state index in [9.17, 15) is 38.7 Å². The Bertz CT molecular complexity index is 4040. The number of nitrogens with zero attached hydrogens (tertiary/aromatic N) is 4. The second kappa shape index (κ2) is 34.4. The van der Waals surface area contributed by atoms with E-state index in [-0.39, 0.29) is 94.1 Å². The fourth-order valence-electron chi connectivity index (χ4n) is 12.2. The molecule has 508 valence electrons. The first kappa shape index (κ1) is 71.7. The zero-order chi connectivity index (χ0) is 69.8. The Labute approximate surface area is 574 Å². The van der Waals surface area contributed by atoms with Gasteiger partial charge in [0.15, 0.2) is 5.78 Å². The number of carbonyl (C=O) groups is 7. The van der Waals surface area contributed by atoms with Gasteiger partial charge in [-0.2, -0.15) is 4.58 Å². The number of esters is 2. The Morgan fingerprint density at radius 2 is 1.02 bits per heavy atom. The number of hydrogen-bond donors (Lipinski definition) is 4. The maximum atomic E-state index is 13.6. The normalized spacial score (nSPS) is 16.4. The van der Waals surface area contributed by atoms with Crippen LogP contribution in [0.1, 0.15) is 159 Å². The molecule has 1 fully saturated rings. The molecule has 8 bridgehead atoms. The molecule has 3 aliphatic carbocycles. The van der Waals surface area contributed by atoms with E-state index in [2.05, 4.69) is 118 Å². The minimum Gasteiger partial charge on any atom is -0.871 e. The van der Waals surface area contributed by atoms with Crippen LogP contribution in [0.25, 0.3) is 5.57 Å². The third-order valence-electron chi connectivity index (χ3n) is 17.8. The summed E-state index contributed by atoms with van der Waals surface area (Å²) < 4.78 is 12.8. The number of carbonyl (C=O) groups excluding carboxylic acids is 7. The molecule has 18 heteroatoms. The Morgan fingerprint density at radius 1 is 0.551 bits per heavy atom. The summed E-state index contributed by atoms with van der Waals surface area (Å²) in [6, 6.07) is 37.6. The van der Waals surface area contributed by atoms with Crippen molar-refractivity contribution in [2.75, 3.05) is 44.3 Å². The number of ketones is 1. The van der Waals surface area contributed by atoms with E-state index in [1.54, 1.807) is 50.2 Å². The number of benzene rings is 4. The smallest absolute Gasteiger partial charge is 0.333 e. The van der Waals surface area contributed by atoms with Crippen molar-refractivity contribution in [3.8, 4) is 0 Å². The quantitative estimate of drug-likeness (QED) is 0.0271. The van der Waals surface area contributed by atoms with E-state index in [1.807, 2.05) is 72.8 Å². The third-order valence-corrected chi connectivity index (χ3v) is 17.8. The van der Waals surface area contributed by atoms with Crippen LogP contribution >= 0.6 is 0 Å². The van der Waals surface area contributed by atoms with Gasteiger partial charge >= 0.3 is 11.9 Å². The highest BCUT2D eigenvalue weighted by Crippen LogP contribution is 2.39. The molecule has 1 saturated carbocycles. The van der Waals surface area contributed by atoms with Crippen molar-refractivity contribution in [1.29, 1.82) is 0 Å². The van der Waals surface area contributed by atoms with E-state index in [0.717, 1.165) is 122 Å². The molecule has 7 aliphatic rings. The molecular formula is C80H88N8O10. The zero-order valence-corrected chi connectivity index (χ0v) is 57.0. The number of unbranched alkanes of at least 4 members (excludes halogenated alkanes) is 4. The minimum atomic E-state index is -0.368. The lowest BCUT2D eigenvalue weighted by atomic mass is 9.80. The van der Waals surface area contributed by atoms with Gasteiger partial charge in [0.25, 0.3) is 23.6 Å². The van der Waals surface area contributed by atoms with Crippen LogP contribution in [0.15, 0.2) is 187 Å². The van der Waals surface area contributed by atoms with Gasteiger partial charge in [-0.05, 0) is 200 Å². The van der Waals surface area contributed by atoms with E-state index in [1.165, 1.54) is 11.1 Å². The molecule has 13 rings (SSSR count). The van der Waals surface area contributed by atoms with Gasteiger partial charge in [-0.15, -0.1) is 0 Å². The Kier molecular flexibility index (Phi) is 25.1. The van der Waals surface area contributed by atoms with Crippen LogP contribution in [0.4, 0.5) is 17.1 Å². The van der Waals surface area contributed by atoms with Gasteiger partial charge in [-0.1, -0.05) is 96.8 Å². The number of hydrogen-bond acceptors (Lipinski definition) is 13. The minimum absolute atomic E-state index is 0.175. The number of pyridine rings is 2. The Morgan fingerprint density at radius 3 is 1.49 bits per heavy atom. The number of Topliss-reactive ketones (excluding diaryl/α,β-unsaturated/α-hetero) is 1. The predicted molar refractivity (Wildman–Crippen MR) is 379 cm³/mol. The number of amides is 4. The fraction of sp³-hybridized carbons (Fsp3) is 0.325. The molecule has 0 atom stereocenters. The molecule has 4 aliphatic heterocycles. The molecule has 0 radical (unpaired) electrons. The molecule has 0 saturated heterocycles. The number of rotatable bonds is 18.